The number of amides is 2. The Hall–Kier alpha value is -3.87. The lowest BCUT2D eigenvalue weighted by atomic mass is 10.1. The Balaban J connectivity index is 1.36. The molecule has 7 heteroatoms. The number of ether oxygens (including phenoxy) is 2. The van der Waals surface area contributed by atoms with Gasteiger partial charge in [0, 0.05) is 36.3 Å². The van der Waals surface area contributed by atoms with Gasteiger partial charge in [-0.25, -0.2) is 0 Å². The second kappa shape index (κ2) is 9.96. The first-order valence-electron chi connectivity index (χ1n) is 10.5. The smallest absolute Gasteiger partial charge is 0.255 e. The molecule has 0 atom stereocenters. The van der Waals surface area contributed by atoms with Crippen LogP contribution in [0.5, 0.6) is 11.5 Å². The van der Waals surface area contributed by atoms with Gasteiger partial charge in [-0.1, -0.05) is 12.1 Å². The average molecular weight is 431 g/mol. The molecule has 2 N–H and O–H groups in total. The van der Waals surface area contributed by atoms with Crippen molar-refractivity contribution in [3.8, 4) is 11.5 Å². The number of hydrogen-bond acceptors (Lipinski definition) is 5. The second-order valence-corrected chi connectivity index (χ2v) is 7.69. The zero-order valence-electron chi connectivity index (χ0n) is 17.8. The van der Waals surface area contributed by atoms with Crippen LogP contribution in [0.1, 0.15) is 39.1 Å². The predicted molar refractivity (Wildman–Crippen MR) is 121 cm³/mol. The van der Waals surface area contributed by atoms with E-state index in [-0.39, 0.29) is 11.8 Å². The summed E-state index contributed by atoms with van der Waals surface area (Å²) in [5.41, 5.74) is 2.57. The van der Waals surface area contributed by atoms with E-state index in [1.807, 2.05) is 12.1 Å². The van der Waals surface area contributed by atoms with Gasteiger partial charge in [-0.2, -0.15) is 0 Å². The number of nitrogens with one attached hydrogen (secondary N) is 2. The fraction of sp³-hybridized carbons (Fsp3) is 0.240. The summed E-state index contributed by atoms with van der Waals surface area (Å²) in [6.45, 7) is 0.940. The van der Waals surface area contributed by atoms with Gasteiger partial charge in [-0.3, -0.25) is 14.6 Å². The van der Waals surface area contributed by atoms with Crippen molar-refractivity contribution < 1.29 is 19.1 Å². The third-order valence-electron chi connectivity index (χ3n) is 5.21. The van der Waals surface area contributed by atoms with E-state index in [9.17, 15) is 9.59 Å². The zero-order chi connectivity index (χ0) is 22.3. The Kier molecular flexibility index (Phi) is 6.65. The van der Waals surface area contributed by atoms with E-state index < -0.39 is 0 Å². The molecule has 4 rings (SSSR count). The lowest BCUT2D eigenvalue weighted by molar-refractivity contribution is 0.0945. The highest BCUT2D eigenvalue weighted by molar-refractivity contribution is 6.04. The van der Waals surface area contributed by atoms with Crippen LogP contribution >= 0.6 is 0 Å². The van der Waals surface area contributed by atoms with E-state index in [2.05, 4.69) is 15.6 Å². The van der Waals surface area contributed by atoms with Crippen LogP contribution in [0.15, 0.2) is 67.0 Å². The number of anilines is 1. The molecule has 164 valence electrons. The molecule has 1 fully saturated rings. The molecule has 2 amide bonds. The van der Waals surface area contributed by atoms with Crippen molar-refractivity contribution in [3.63, 3.8) is 0 Å². The lowest BCUT2D eigenvalue weighted by Crippen LogP contribution is -2.23. The predicted octanol–water partition coefficient (Wildman–Crippen LogP) is 4.06. The summed E-state index contributed by atoms with van der Waals surface area (Å²) in [5, 5.41) is 5.73. The first kappa shape index (κ1) is 21.4. The summed E-state index contributed by atoms with van der Waals surface area (Å²) < 4.78 is 11.1. The average Bonchev–Trinajstić information content (AvgIpc) is 3.66. The molecular formula is C25H25N3O4. The van der Waals surface area contributed by atoms with Gasteiger partial charge in [0.05, 0.1) is 19.3 Å². The minimum absolute atomic E-state index is 0.206. The van der Waals surface area contributed by atoms with Crippen LogP contribution in [0.3, 0.4) is 0 Å². The van der Waals surface area contributed by atoms with Crippen LogP contribution in [0, 0.1) is 5.92 Å². The van der Waals surface area contributed by atoms with Gasteiger partial charge < -0.3 is 20.1 Å². The summed E-state index contributed by atoms with van der Waals surface area (Å²) in [6.07, 6.45) is 5.57. The minimum atomic E-state index is -0.224. The highest BCUT2D eigenvalue weighted by Gasteiger charge is 2.23. The largest absolute Gasteiger partial charge is 0.497 e. The van der Waals surface area contributed by atoms with Crippen molar-refractivity contribution in [1.82, 2.24) is 10.3 Å². The zero-order valence-corrected chi connectivity index (χ0v) is 17.8. The molecule has 1 aliphatic rings. The lowest BCUT2D eigenvalue weighted by Gasteiger charge is -2.13. The Morgan fingerprint density at radius 3 is 2.44 bits per heavy atom. The molecule has 3 aromatic rings. The fourth-order valence-corrected chi connectivity index (χ4v) is 3.12. The first-order chi connectivity index (χ1) is 15.6. The monoisotopic (exact) mass is 431 g/mol. The molecule has 0 aliphatic heterocycles. The van der Waals surface area contributed by atoms with E-state index in [0.29, 0.717) is 47.4 Å². The third kappa shape index (κ3) is 5.63. The molecule has 32 heavy (non-hydrogen) atoms. The fourth-order valence-electron chi connectivity index (χ4n) is 3.12. The molecule has 0 bridgehead atoms. The summed E-state index contributed by atoms with van der Waals surface area (Å²) in [7, 11) is 1.58. The number of carbonyl (C=O) groups excluding carboxylic acids is 2. The maximum atomic E-state index is 12.8. The number of methoxy groups -OCH3 is 1. The Morgan fingerprint density at radius 2 is 1.75 bits per heavy atom. The standard InChI is InChI=1S/C25H25N3O4/c1-31-21-8-9-22(23(14-21)32-16-18-2-3-18)25(30)27-15-17-4-6-19(7-5-17)24(29)28-20-10-12-26-13-11-20/h4-14,18H,2-3,15-16H2,1H3,(H,27,30)(H,26,28,29). The quantitative estimate of drug-likeness (QED) is 0.533. The van der Waals surface area contributed by atoms with Crippen molar-refractivity contribution in [2.45, 2.75) is 19.4 Å². The Bertz CT molecular complexity index is 1080. The molecule has 7 nitrogen and oxygen atoms in total. The number of rotatable bonds is 9. The minimum Gasteiger partial charge on any atom is -0.497 e. The Morgan fingerprint density at radius 1 is 1.00 bits per heavy atom. The molecule has 0 radical (unpaired) electrons. The molecule has 0 spiro atoms. The maximum Gasteiger partial charge on any atom is 0.255 e. The maximum absolute atomic E-state index is 12.8. The Labute approximate surface area is 186 Å². The van der Waals surface area contributed by atoms with Gasteiger partial charge in [0.25, 0.3) is 11.8 Å². The molecular weight excluding hydrogens is 406 g/mol. The van der Waals surface area contributed by atoms with Crippen LogP contribution in [0.25, 0.3) is 0 Å². The van der Waals surface area contributed by atoms with Crippen molar-refractivity contribution >= 4 is 17.5 Å². The molecule has 1 saturated carbocycles. The SMILES string of the molecule is COc1ccc(C(=O)NCc2ccc(C(=O)Nc3ccncc3)cc2)c(OCC2CC2)c1. The molecule has 1 heterocycles. The molecule has 0 saturated heterocycles. The van der Waals surface area contributed by atoms with Crippen LogP contribution < -0.4 is 20.1 Å². The third-order valence-corrected chi connectivity index (χ3v) is 5.21. The molecule has 1 aliphatic carbocycles. The highest BCUT2D eigenvalue weighted by atomic mass is 16.5. The second-order valence-electron chi connectivity index (χ2n) is 7.69. The normalized spacial score (nSPS) is 12.7. The van der Waals surface area contributed by atoms with Crippen LogP contribution in [-0.4, -0.2) is 30.5 Å². The summed E-state index contributed by atoms with van der Waals surface area (Å²) in [5.74, 6) is 1.32. The molecule has 1 aromatic heterocycles. The molecule has 2 aromatic carbocycles. The summed E-state index contributed by atoms with van der Waals surface area (Å²) in [4.78, 5) is 29.1. The van der Waals surface area contributed by atoms with E-state index in [4.69, 9.17) is 9.47 Å². The van der Waals surface area contributed by atoms with Gasteiger partial charge in [0.1, 0.15) is 11.5 Å². The van der Waals surface area contributed by atoms with Gasteiger partial charge in [0.2, 0.25) is 0 Å². The number of aromatic nitrogens is 1. The van der Waals surface area contributed by atoms with Crippen LogP contribution in [-0.2, 0) is 6.54 Å². The number of nitrogens with zero attached hydrogens (tertiary/aromatic N) is 1. The summed E-state index contributed by atoms with van der Waals surface area (Å²) in [6, 6.07) is 15.8. The highest BCUT2D eigenvalue weighted by Crippen LogP contribution is 2.31. The van der Waals surface area contributed by atoms with E-state index in [0.717, 1.165) is 5.56 Å². The van der Waals surface area contributed by atoms with Crippen LogP contribution in [0.4, 0.5) is 5.69 Å². The number of hydrogen-bond donors (Lipinski definition) is 2. The van der Waals surface area contributed by atoms with Crippen LogP contribution in [0.2, 0.25) is 0 Å². The van der Waals surface area contributed by atoms with Crippen molar-refractivity contribution in [1.29, 1.82) is 0 Å². The summed E-state index contributed by atoms with van der Waals surface area (Å²) >= 11 is 0. The number of pyridine rings is 1. The first-order valence-corrected chi connectivity index (χ1v) is 10.5. The molecule has 0 unspecified atom stereocenters. The number of carbonyl (C=O) groups is 2. The van der Waals surface area contributed by atoms with Crippen molar-refractivity contribution in [3.05, 3.63) is 83.7 Å². The van der Waals surface area contributed by atoms with E-state index >= 15 is 0 Å². The van der Waals surface area contributed by atoms with Gasteiger partial charge >= 0.3 is 0 Å². The van der Waals surface area contributed by atoms with Gasteiger partial charge in [-0.15, -0.1) is 0 Å². The topological polar surface area (TPSA) is 89.5 Å². The van der Waals surface area contributed by atoms with Gasteiger partial charge in [0.15, 0.2) is 0 Å². The van der Waals surface area contributed by atoms with Gasteiger partial charge in [-0.05, 0) is 60.7 Å². The number of benzene rings is 2. The van der Waals surface area contributed by atoms with E-state index in [1.54, 1.807) is 62.0 Å². The van der Waals surface area contributed by atoms with Crippen molar-refractivity contribution in [2.75, 3.05) is 19.0 Å². The van der Waals surface area contributed by atoms with Crippen molar-refractivity contribution in [2.24, 2.45) is 5.92 Å². The van der Waals surface area contributed by atoms with E-state index in [1.165, 1.54) is 12.8 Å².